The minimum atomic E-state index is -5.14. The maximum atomic E-state index is 14.0. The van der Waals surface area contributed by atoms with E-state index in [0.717, 1.165) is 18.2 Å². The van der Waals surface area contributed by atoms with Crippen molar-refractivity contribution in [3.63, 3.8) is 0 Å². The summed E-state index contributed by atoms with van der Waals surface area (Å²) in [7, 11) is 0. The van der Waals surface area contributed by atoms with E-state index in [4.69, 9.17) is 9.97 Å². The molecule has 0 fully saturated rings. The van der Waals surface area contributed by atoms with E-state index in [9.17, 15) is 50.0 Å². The Balaban J connectivity index is 1.47. The highest BCUT2D eigenvalue weighted by Gasteiger charge is 2.38. The summed E-state index contributed by atoms with van der Waals surface area (Å²) in [6.45, 7) is 1.53. The minimum absolute atomic E-state index is 0.0348. The maximum Gasteiger partial charge on any atom is 0.417 e. The molecule has 0 amide bonds. The molecule has 1 aromatic heterocycles. The van der Waals surface area contributed by atoms with Crippen LogP contribution >= 0.6 is 0 Å². The summed E-state index contributed by atoms with van der Waals surface area (Å²) in [5.74, 6) is 0. The van der Waals surface area contributed by atoms with Crippen LogP contribution in [0.15, 0.2) is 82.8 Å². The first-order valence-corrected chi connectivity index (χ1v) is 14.6. The van der Waals surface area contributed by atoms with Gasteiger partial charge in [0.1, 0.15) is 21.7 Å². The molecule has 15 heteroatoms. The number of aryl methyl sites for hydroxylation is 1. The molecule has 0 aliphatic heterocycles. The summed E-state index contributed by atoms with van der Waals surface area (Å²) in [5, 5.41) is 20.5. The van der Waals surface area contributed by atoms with Crippen molar-refractivity contribution in [3.8, 4) is 34.6 Å². The molecule has 6 nitrogen and oxygen atoms in total. The third-order valence-electron chi connectivity index (χ3n) is 8.56. The van der Waals surface area contributed by atoms with Crippen LogP contribution in [0.1, 0.15) is 22.3 Å². The van der Waals surface area contributed by atoms with E-state index in [1.807, 2.05) is 0 Å². The van der Waals surface area contributed by atoms with Crippen molar-refractivity contribution in [1.29, 1.82) is 10.5 Å². The topological polar surface area (TPSA) is 98.1 Å². The molecule has 0 aliphatic rings. The van der Waals surface area contributed by atoms with Gasteiger partial charge in [0.05, 0.1) is 27.7 Å². The average molecular weight is 703 g/mol. The number of benzene rings is 4. The van der Waals surface area contributed by atoms with E-state index in [1.165, 1.54) is 31.2 Å². The Morgan fingerprint density at radius 2 is 0.961 bits per heavy atom. The van der Waals surface area contributed by atoms with Gasteiger partial charge in [-0.25, -0.2) is 9.97 Å². The predicted molar refractivity (Wildman–Crippen MR) is 167 cm³/mol. The molecule has 7 aromatic rings. The number of nitriles is 2. The van der Waals surface area contributed by atoms with Crippen molar-refractivity contribution in [2.45, 2.75) is 25.5 Å². The second kappa shape index (κ2) is 11.3. The number of hydrogen-bond acceptors (Lipinski definition) is 6. The number of fused-ring (bicyclic) bond motifs is 6. The second-order valence-electron chi connectivity index (χ2n) is 11.5. The Morgan fingerprint density at radius 1 is 0.510 bits per heavy atom. The lowest BCUT2D eigenvalue weighted by Gasteiger charge is -2.16. The first-order valence-electron chi connectivity index (χ1n) is 14.6. The predicted octanol–water partition coefficient (Wildman–Crippen LogP) is 9.43. The van der Waals surface area contributed by atoms with Crippen LogP contribution in [0.4, 0.5) is 39.5 Å². The summed E-state index contributed by atoms with van der Waals surface area (Å²) in [6.07, 6.45) is -11.3. The molecule has 0 saturated heterocycles. The molecule has 0 aliphatic carbocycles. The molecular weight excluding hydrogens is 687 g/mol. The average Bonchev–Trinajstić information content (AvgIpc) is 3.53. The van der Waals surface area contributed by atoms with Crippen LogP contribution in [0.5, 0.6) is 0 Å². The number of alkyl halides is 9. The van der Waals surface area contributed by atoms with E-state index in [-0.39, 0.29) is 49.8 Å². The normalized spacial score (nSPS) is 13.5. The Morgan fingerprint density at radius 3 is 1.39 bits per heavy atom. The number of rotatable bonds is 2. The first kappa shape index (κ1) is 33.2. The fraction of sp³-hybridized carbons (Fsp3) is 0.111. The van der Waals surface area contributed by atoms with E-state index in [1.54, 1.807) is 30.6 Å². The highest BCUT2D eigenvalue weighted by atomic mass is 19.4. The van der Waals surface area contributed by atoms with Crippen molar-refractivity contribution in [3.05, 3.63) is 106 Å². The lowest BCUT2D eigenvalue weighted by Crippen LogP contribution is -2.12. The Labute approximate surface area is 279 Å². The van der Waals surface area contributed by atoms with Gasteiger partial charge in [-0.3, -0.25) is 0 Å². The van der Waals surface area contributed by atoms with E-state index in [2.05, 4.69) is 9.98 Å². The van der Waals surface area contributed by atoms with Gasteiger partial charge in [0.2, 0.25) is 12.4 Å². The van der Waals surface area contributed by atoms with E-state index < -0.39 is 40.8 Å². The Hall–Kier alpha value is -6.35. The van der Waals surface area contributed by atoms with Crippen molar-refractivity contribution in [2.75, 3.05) is 0 Å². The van der Waals surface area contributed by atoms with Crippen LogP contribution in [0.2, 0.25) is 0 Å². The lowest BCUT2D eigenvalue weighted by atomic mass is 9.95. The quantitative estimate of drug-likeness (QED) is 0.132. The number of halogens is 9. The molecule has 0 N–H and O–H groups in total. The first-order chi connectivity index (χ1) is 24.0. The summed E-state index contributed by atoms with van der Waals surface area (Å²) in [6, 6.07) is 13.5. The second-order valence-corrected chi connectivity index (χ2v) is 11.5. The highest BCUT2D eigenvalue weighted by Crippen LogP contribution is 2.42. The molecule has 0 saturated carbocycles. The monoisotopic (exact) mass is 702 g/mol. The third kappa shape index (κ3) is 5.47. The van der Waals surface area contributed by atoms with Crippen LogP contribution in [0.25, 0.3) is 65.9 Å². The molecule has 0 spiro atoms. The van der Waals surface area contributed by atoms with E-state index in [0.29, 0.717) is 38.9 Å². The van der Waals surface area contributed by atoms with Gasteiger partial charge in [0.25, 0.3) is 0 Å². The molecule has 7 rings (SSSR count). The van der Waals surface area contributed by atoms with Crippen LogP contribution in [-0.2, 0) is 18.5 Å². The van der Waals surface area contributed by atoms with Gasteiger partial charge in [0.15, 0.2) is 0 Å². The van der Waals surface area contributed by atoms with Crippen molar-refractivity contribution >= 4 is 43.6 Å². The zero-order valence-corrected chi connectivity index (χ0v) is 25.5. The van der Waals surface area contributed by atoms with Gasteiger partial charge >= 0.3 is 18.5 Å². The van der Waals surface area contributed by atoms with Crippen LogP contribution in [-0.4, -0.2) is 9.97 Å². The van der Waals surface area contributed by atoms with Crippen LogP contribution in [0, 0.1) is 29.8 Å². The van der Waals surface area contributed by atoms with Gasteiger partial charge in [-0.15, -0.1) is 0 Å². The minimum Gasteiger partial charge on any atom is -0.241 e. The zero-order valence-electron chi connectivity index (χ0n) is 25.5. The highest BCUT2D eigenvalue weighted by molar-refractivity contribution is 6.15. The standard InChI is InChI=1S/C36H15F9N6/c1-16-10-19(34(37,38)39)4-8-21(16)17-2-6-23-25(11-17)28(48-14-46)32-30(23)50-33-29(49-15-47)26-12-18(3-7-24(26)31(33)51-32)22-9-5-20(35(40,41)42)13-27(22)36(43,44)45/h2-13H,1H3/b48-28+,49-29+. The molecule has 0 unspecified atom stereocenters. The van der Waals surface area contributed by atoms with Gasteiger partial charge in [-0.1, -0.05) is 36.4 Å². The largest absolute Gasteiger partial charge is 0.417 e. The third-order valence-corrected chi connectivity index (χ3v) is 8.56. The fourth-order valence-corrected chi connectivity index (χ4v) is 6.32. The zero-order chi connectivity index (χ0) is 36.6. The SMILES string of the molecule is Cc1cc(C(F)(F)F)ccc1-c1ccc2c(c1)/c(=N\C#N)c1nc3c(nc12)/c(=N/C#N)c1cc(-c2ccc(C(F)(F)F)cc2C(F)(F)F)ccc13. The smallest absolute Gasteiger partial charge is 0.241 e. The van der Waals surface area contributed by atoms with Gasteiger partial charge in [0, 0.05) is 21.5 Å². The molecular formula is C36H15F9N6. The Bertz CT molecular complexity index is 2810. The van der Waals surface area contributed by atoms with Gasteiger partial charge in [-0.2, -0.15) is 60.0 Å². The molecule has 6 aromatic carbocycles. The van der Waals surface area contributed by atoms with Gasteiger partial charge in [-0.05, 0) is 71.1 Å². The fourth-order valence-electron chi connectivity index (χ4n) is 6.32. The maximum absolute atomic E-state index is 14.0. The molecule has 252 valence electrons. The van der Waals surface area contributed by atoms with Crippen LogP contribution in [0.3, 0.4) is 0 Å². The molecule has 51 heavy (non-hydrogen) atoms. The summed E-state index contributed by atoms with van der Waals surface area (Å²) >= 11 is 0. The summed E-state index contributed by atoms with van der Waals surface area (Å²) in [4.78, 5) is 17.3. The lowest BCUT2D eigenvalue weighted by molar-refractivity contribution is -0.143. The molecule has 1 heterocycles. The number of nitrogens with zero attached hydrogens (tertiary/aromatic N) is 6. The van der Waals surface area contributed by atoms with E-state index >= 15 is 0 Å². The molecule has 0 atom stereocenters. The van der Waals surface area contributed by atoms with Gasteiger partial charge < -0.3 is 0 Å². The number of aromatic nitrogens is 2. The molecule has 0 radical (unpaired) electrons. The Kier molecular flexibility index (Phi) is 7.38. The molecule has 0 bridgehead atoms. The van der Waals surface area contributed by atoms with Crippen LogP contribution < -0.4 is 10.7 Å². The summed E-state index contributed by atoms with van der Waals surface area (Å²) < 4.78 is 122. The van der Waals surface area contributed by atoms with Crippen molar-refractivity contribution < 1.29 is 39.5 Å². The van der Waals surface area contributed by atoms with Crippen molar-refractivity contribution in [2.24, 2.45) is 9.98 Å². The number of hydrogen-bond donors (Lipinski definition) is 0. The summed E-state index contributed by atoms with van der Waals surface area (Å²) in [5.41, 5.74) is -2.45. The van der Waals surface area contributed by atoms with Crippen molar-refractivity contribution in [1.82, 2.24) is 9.97 Å².